The molecule has 0 aliphatic rings. The zero-order chi connectivity index (χ0) is 10.4. The second-order valence-corrected chi connectivity index (χ2v) is 3.11. The van der Waals surface area contributed by atoms with Gasteiger partial charge in [0.1, 0.15) is 6.04 Å². The Morgan fingerprint density at radius 2 is 2.50 bits per heavy atom. The van der Waals surface area contributed by atoms with Gasteiger partial charge in [-0.25, -0.2) is 0 Å². The number of aromatic nitrogens is 1. The van der Waals surface area contributed by atoms with Gasteiger partial charge in [-0.05, 0) is 25.1 Å². The molecule has 78 valence electrons. The molecule has 1 aromatic heterocycles. The molecule has 0 amide bonds. The van der Waals surface area contributed by atoms with E-state index in [1.54, 1.807) is 0 Å². The molecule has 0 radical (unpaired) electrons. The Balaban J connectivity index is 2.08. The summed E-state index contributed by atoms with van der Waals surface area (Å²) in [6.07, 6.45) is 2.29. The van der Waals surface area contributed by atoms with Gasteiger partial charge in [-0.15, -0.1) is 0 Å². The molecule has 0 saturated carbocycles. The molecule has 0 saturated heterocycles. The highest BCUT2D eigenvalue weighted by Crippen LogP contribution is 1.93. The first-order valence-electron chi connectivity index (χ1n) is 4.51. The van der Waals surface area contributed by atoms with E-state index >= 15 is 0 Å². The maximum Gasteiger partial charge on any atom is 0.320 e. The number of carboxylic acids is 1. The summed E-state index contributed by atoms with van der Waals surface area (Å²) in [5, 5.41) is 11.6. The minimum atomic E-state index is -0.952. The Kier molecular flexibility index (Phi) is 4.15. The number of nitrogens with one attached hydrogen (secondary N) is 2. The number of hydrogen-bond donors (Lipinski definition) is 4. The second kappa shape index (κ2) is 5.41. The maximum absolute atomic E-state index is 10.4. The average molecular weight is 197 g/mol. The lowest BCUT2D eigenvalue weighted by molar-refractivity contribution is -0.138. The molecule has 1 atom stereocenters. The molecule has 0 aliphatic carbocycles. The smallest absolute Gasteiger partial charge is 0.320 e. The van der Waals surface area contributed by atoms with Gasteiger partial charge in [-0.2, -0.15) is 0 Å². The number of carboxylic acid groups (broad SMARTS) is 1. The Labute approximate surface area is 82.3 Å². The number of aromatic amines is 1. The van der Waals surface area contributed by atoms with Crippen molar-refractivity contribution in [1.29, 1.82) is 0 Å². The molecule has 0 aromatic carbocycles. The molecular weight excluding hydrogens is 182 g/mol. The van der Waals surface area contributed by atoms with Crippen LogP contribution in [0.15, 0.2) is 18.3 Å². The van der Waals surface area contributed by atoms with Crippen molar-refractivity contribution < 1.29 is 9.90 Å². The van der Waals surface area contributed by atoms with Crippen molar-refractivity contribution in [3.05, 3.63) is 24.0 Å². The largest absolute Gasteiger partial charge is 0.480 e. The molecule has 0 spiro atoms. The third-order valence-corrected chi connectivity index (χ3v) is 1.93. The van der Waals surface area contributed by atoms with Crippen LogP contribution < -0.4 is 11.1 Å². The predicted octanol–water partition coefficient (Wildman–Crippen LogP) is -0.0937. The first kappa shape index (κ1) is 10.7. The van der Waals surface area contributed by atoms with Gasteiger partial charge < -0.3 is 21.1 Å². The molecular formula is C9H15N3O2. The molecule has 1 heterocycles. The molecule has 1 rings (SSSR count). The zero-order valence-corrected chi connectivity index (χ0v) is 7.86. The van der Waals surface area contributed by atoms with Gasteiger partial charge in [-0.1, -0.05) is 0 Å². The van der Waals surface area contributed by atoms with Crippen molar-refractivity contribution in [3.63, 3.8) is 0 Å². The molecule has 0 fully saturated rings. The molecule has 0 bridgehead atoms. The van der Waals surface area contributed by atoms with Crippen molar-refractivity contribution in [2.75, 3.05) is 6.54 Å². The lowest BCUT2D eigenvalue weighted by Crippen LogP contribution is -2.33. The summed E-state index contributed by atoms with van der Waals surface area (Å²) < 4.78 is 0. The van der Waals surface area contributed by atoms with Crippen LogP contribution in [0, 0.1) is 0 Å². The summed E-state index contributed by atoms with van der Waals surface area (Å²) in [6, 6.07) is 3.11. The summed E-state index contributed by atoms with van der Waals surface area (Å²) in [4.78, 5) is 13.4. The van der Waals surface area contributed by atoms with Crippen molar-refractivity contribution in [3.8, 4) is 0 Å². The van der Waals surface area contributed by atoms with E-state index in [0.29, 0.717) is 19.5 Å². The van der Waals surface area contributed by atoms with Crippen molar-refractivity contribution in [2.45, 2.75) is 19.0 Å². The number of hydrogen-bond acceptors (Lipinski definition) is 3. The summed E-state index contributed by atoms with van der Waals surface area (Å²) in [7, 11) is 0. The van der Waals surface area contributed by atoms with E-state index in [4.69, 9.17) is 10.8 Å². The first-order chi connectivity index (χ1) is 6.70. The van der Waals surface area contributed by atoms with Gasteiger partial charge >= 0.3 is 5.97 Å². The highest BCUT2D eigenvalue weighted by atomic mass is 16.4. The van der Waals surface area contributed by atoms with Crippen LogP contribution in [0.25, 0.3) is 0 Å². The van der Waals surface area contributed by atoms with E-state index in [2.05, 4.69) is 10.3 Å². The Morgan fingerprint density at radius 3 is 3.07 bits per heavy atom. The SMILES string of the molecule is NC(CCNCc1ccc[nH]1)C(=O)O. The lowest BCUT2D eigenvalue weighted by atomic mass is 10.2. The topological polar surface area (TPSA) is 91.1 Å². The molecule has 1 aromatic rings. The molecule has 5 nitrogen and oxygen atoms in total. The summed E-state index contributed by atoms with van der Waals surface area (Å²) in [5.74, 6) is -0.952. The van der Waals surface area contributed by atoms with Crippen LogP contribution in [0.3, 0.4) is 0 Å². The van der Waals surface area contributed by atoms with Crippen molar-refractivity contribution in [1.82, 2.24) is 10.3 Å². The number of carbonyl (C=O) groups is 1. The molecule has 1 unspecified atom stereocenters. The van der Waals surface area contributed by atoms with E-state index in [9.17, 15) is 4.79 Å². The zero-order valence-electron chi connectivity index (χ0n) is 7.86. The van der Waals surface area contributed by atoms with Gasteiger partial charge in [0.05, 0.1) is 0 Å². The van der Waals surface area contributed by atoms with E-state index in [-0.39, 0.29) is 0 Å². The highest BCUT2D eigenvalue weighted by Gasteiger charge is 2.09. The van der Waals surface area contributed by atoms with Crippen LogP contribution in [0.5, 0.6) is 0 Å². The van der Waals surface area contributed by atoms with Crippen LogP contribution in [-0.4, -0.2) is 28.6 Å². The van der Waals surface area contributed by atoms with Crippen molar-refractivity contribution in [2.24, 2.45) is 5.73 Å². The van der Waals surface area contributed by atoms with Gasteiger partial charge in [0.2, 0.25) is 0 Å². The minimum Gasteiger partial charge on any atom is -0.480 e. The second-order valence-electron chi connectivity index (χ2n) is 3.11. The van der Waals surface area contributed by atoms with Gasteiger partial charge in [0.25, 0.3) is 0 Å². The monoisotopic (exact) mass is 197 g/mol. The Hall–Kier alpha value is -1.33. The van der Waals surface area contributed by atoms with E-state index in [1.807, 2.05) is 18.3 Å². The highest BCUT2D eigenvalue weighted by molar-refractivity contribution is 5.72. The van der Waals surface area contributed by atoms with Crippen molar-refractivity contribution >= 4 is 5.97 Å². The number of nitrogens with two attached hydrogens (primary N) is 1. The Morgan fingerprint density at radius 1 is 1.71 bits per heavy atom. The number of H-pyrrole nitrogens is 1. The predicted molar refractivity (Wildman–Crippen MR) is 52.7 cm³/mol. The molecule has 5 heteroatoms. The van der Waals surface area contributed by atoms with E-state index in [1.165, 1.54) is 0 Å². The molecule has 14 heavy (non-hydrogen) atoms. The first-order valence-corrected chi connectivity index (χ1v) is 4.51. The van der Waals surface area contributed by atoms with Crippen LogP contribution in [0.4, 0.5) is 0 Å². The molecule has 5 N–H and O–H groups in total. The van der Waals surface area contributed by atoms with E-state index in [0.717, 1.165) is 5.69 Å². The normalized spacial score (nSPS) is 12.6. The fourth-order valence-electron chi connectivity index (χ4n) is 1.08. The van der Waals surface area contributed by atoms with Gasteiger partial charge in [-0.3, -0.25) is 4.79 Å². The third-order valence-electron chi connectivity index (χ3n) is 1.93. The average Bonchev–Trinajstić information content (AvgIpc) is 2.64. The fraction of sp³-hybridized carbons (Fsp3) is 0.444. The Bertz CT molecular complexity index is 272. The van der Waals surface area contributed by atoms with Crippen LogP contribution in [0.1, 0.15) is 12.1 Å². The van der Waals surface area contributed by atoms with Crippen LogP contribution in [-0.2, 0) is 11.3 Å². The van der Waals surface area contributed by atoms with Crippen LogP contribution in [0.2, 0.25) is 0 Å². The fourth-order valence-corrected chi connectivity index (χ4v) is 1.08. The number of aliphatic carboxylic acids is 1. The van der Waals surface area contributed by atoms with E-state index < -0.39 is 12.0 Å². The van der Waals surface area contributed by atoms with Gasteiger partial charge in [0, 0.05) is 18.4 Å². The summed E-state index contributed by atoms with van der Waals surface area (Å²) in [5.41, 5.74) is 6.41. The minimum absolute atomic E-state index is 0.441. The third kappa shape index (κ3) is 3.59. The quantitative estimate of drug-likeness (QED) is 0.479. The van der Waals surface area contributed by atoms with Crippen LogP contribution >= 0.6 is 0 Å². The van der Waals surface area contributed by atoms with Gasteiger partial charge in [0.15, 0.2) is 0 Å². The maximum atomic E-state index is 10.4. The number of rotatable bonds is 6. The summed E-state index contributed by atoms with van der Waals surface area (Å²) in [6.45, 7) is 1.31. The lowest BCUT2D eigenvalue weighted by Gasteiger charge is -2.06. The summed E-state index contributed by atoms with van der Waals surface area (Å²) >= 11 is 0. The standard InChI is InChI=1S/C9H15N3O2/c10-8(9(13)14)3-5-11-6-7-2-1-4-12-7/h1-2,4,8,11-12H,3,5-6,10H2,(H,13,14). The molecule has 0 aliphatic heterocycles.